The fraction of sp³-hybridized carbons (Fsp3) is 0.500. The number of nitrogens with zero attached hydrogens (tertiary/aromatic N) is 4. The molecule has 0 saturated carbocycles. The maximum Gasteiger partial charge on any atom is 0.358 e. The quantitative estimate of drug-likeness (QED) is 0.801. The number of thiazole rings is 1. The number of carboxylic acid groups (broad SMARTS) is 1. The van der Waals surface area contributed by atoms with Crippen LogP contribution >= 0.6 is 11.3 Å². The van der Waals surface area contributed by atoms with E-state index in [0.717, 1.165) is 11.4 Å². The fourth-order valence-corrected chi connectivity index (χ4v) is 2.56. The van der Waals surface area contributed by atoms with E-state index in [-0.39, 0.29) is 11.7 Å². The minimum Gasteiger partial charge on any atom is -0.476 e. The summed E-state index contributed by atoms with van der Waals surface area (Å²) in [6.45, 7) is 5.41. The number of carboxylic acids is 1. The Bertz CT molecular complexity index is 580. The van der Waals surface area contributed by atoms with E-state index < -0.39 is 5.97 Å². The summed E-state index contributed by atoms with van der Waals surface area (Å²) < 4.78 is 1.52. The maximum atomic E-state index is 10.7. The van der Waals surface area contributed by atoms with Crippen molar-refractivity contribution in [1.29, 1.82) is 0 Å². The molecule has 2 rings (SSSR count). The van der Waals surface area contributed by atoms with Gasteiger partial charge in [0.15, 0.2) is 5.69 Å². The van der Waals surface area contributed by atoms with Gasteiger partial charge in [-0.15, -0.1) is 16.4 Å². The summed E-state index contributed by atoms with van der Waals surface area (Å²) in [5.41, 5.74) is -0.0365. The van der Waals surface area contributed by atoms with Crippen molar-refractivity contribution in [2.75, 3.05) is 6.54 Å². The standard InChI is InChI=1S/C12H17N5O2S/c1-3-9-6-14-11(20-9)8(2)13-4-5-17-7-10(12(18)19)15-16-17/h6-8,13H,3-5H2,1-2H3,(H,18,19). The van der Waals surface area contributed by atoms with E-state index in [4.69, 9.17) is 5.11 Å². The first-order chi connectivity index (χ1) is 9.60. The lowest BCUT2D eigenvalue weighted by Gasteiger charge is -2.10. The smallest absolute Gasteiger partial charge is 0.358 e. The van der Waals surface area contributed by atoms with Crippen LogP contribution in [0.1, 0.15) is 40.3 Å². The molecule has 0 amide bonds. The van der Waals surface area contributed by atoms with E-state index >= 15 is 0 Å². The molecule has 0 radical (unpaired) electrons. The van der Waals surface area contributed by atoms with Gasteiger partial charge in [0.05, 0.1) is 18.8 Å². The normalized spacial score (nSPS) is 12.5. The highest BCUT2D eigenvalue weighted by atomic mass is 32.1. The second kappa shape index (κ2) is 6.58. The van der Waals surface area contributed by atoms with Crippen molar-refractivity contribution < 1.29 is 9.90 Å². The SMILES string of the molecule is CCc1cnc(C(C)NCCn2cc(C(=O)O)nn2)s1. The van der Waals surface area contributed by atoms with Crippen LogP contribution in [0.5, 0.6) is 0 Å². The van der Waals surface area contributed by atoms with Gasteiger partial charge in [0.2, 0.25) is 0 Å². The van der Waals surface area contributed by atoms with E-state index in [2.05, 4.69) is 34.5 Å². The van der Waals surface area contributed by atoms with E-state index in [9.17, 15) is 4.79 Å². The molecule has 1 atom stereocenters. The minimum absolute atomic E-state index is 0.0365. The van der Waals surface area contributed by atoms with Crippen molar-refractivity contribution >= 4 is 17.3 Å². The topological polar surface area (TPSA) is 92.9 Å². The van der Waals surface area contributed by atoms with E-state index in [1.165, 1.54) is 15.8 Å². The monoisotopic (exact) mass is 295 g/mol. The van der Waals surface area contributed by atoms with Crippen LogP contribution in [-0.2, 0) is 13.0 Å². The van der Waals surface area contributed by atoms with Crippen molar-refractivity contribution in [3.63, 3.8) is 0 Å². The van der Waals surface area contributed by atoms with Crippen LogP contribution in [0.3, 0.4) is 0 Å². The predicted molar refractivity (Wildman–Crippen MR) is 74.9 cm³/mol. The molecule has 0 aliphatic rings. The van der Waals surface area contributed by atoms with Crippen LogP contribution in [0.4, 0.5) is 0 Å². The molecule has 2 aromatic rings. The van der Waals surface area contributed by atoms with Gasteiger partial charge in [-0.1, -0.05) is 12.1 Å². The molecule has 0 bridgehead atoms. The highest BCUT2D eigenvalue weighted by Crippen LogP contribution is 2.19. The molecule has 7 nitrogen and oxygen atoms in total. The summed E-state index contributed by atoms with van der Waals surface area (Å²) >= 11 is 1.71. The largest absolute Gasteiger partial charge is 0.476 e. The summed E-state index contributed by atoms with van der Waals surface area (Å²) in [5.74, 6) is -1.06. The molecular formula is C12H17N5O2S. The van der Waals surface area contributed by atoms with Gasteiger partial charge in [-0.05, 0) is 13.3 Å². The van der Waals surface area contributed by atoms with Crippen molar-refractivity contribution in [2.45, 2.75) is 32.9 Å². The summed E-state index contributed by atoms with van der Waals surface area (Å²) in [4.78, 5) is 16.3. The highest BCUT2D eigenvalue weighted by molar-refractivity contribution is 7.11. The number of aryl methyl sites for hydroxylation is 1. The zero-order valence-electron chi connectivity index (χ0n) is 11.4. The van der Waals surface area contributed by atoms with Crippen LogP contribution < -0.4 is 5.32 Å². The minimum atomic E-state index is -1.06. The summed E-state index contributed by atoms with van der Waals surface area (Å²) in [6, 6.07) is 0.169. The maximum absolute atomic E-state index is 10.7. The molecule has 2 heterocycles. The van der Waals surface area contributed by atoms with Gasteiger partial charge < -0.3 is 10.4 Å². The molecule has 20 heavy (non-hydrogen) atoms. The average Bonchev–Trinajstić information content (AvgIpc) is 3.07. The third kappa shape index (κ3) is 3.61. The Morgan fingerprint density at radius 2 is 2.40 bits per heavy atom. The van der Waals surface area contributed by atoms with E-state index in [1.54, 1.807) is 11.3 Å². The van der Waals surface area contributed by atoms with E-state index in [1.807, 2.05) is 6.20 Å². The summed E-state index contributed by atoms with van der Waals surface area (Å²) in [6.07, 6.45) is 4.34. The van der Waals surface area contributed by atoms with Crippen molar-refractivity contribution in [3.05, 3.63) is 28.0 Å². The Balaban J connectivity index is 1.81. The van der Waals surface area contributed by atoms with Crippen LogP contribution in [-0.4, -0.2) is 37.6 Å². The van der Waals surface area contributed by atoms with Gasteiger partial charge in [-0.3, -0.25) is 4.68 Å². The highest BCUT2D eigenvalue weighted by Gasteiger charge is 2.10. The van der Waals surface area contributed by atoms with E-state index in [0.29, 0.717) is 13.1 Å². The second-order valence-corrected chi connectivity index (χ2v) is 5.51. The molecule has 0 aliphatic heterocycles. The van der Waals surface area contributed by atoms with Gasteiger partial charge in [0.1, 0.15) is 5.01 Å². The Morgan fingerprint density at radius 1 is 1.60 bits per heavy atom. The number of hydrogen-bond acceptors (Lipinski definition) is 6. The lowest BCUT2D eigenvalue weighted by molar-refractivity contribution is 0.0690. The molecule has 0 fully saturated rings. The molecule has 1 unspecified atom stereocenters. The number of aromatic nitrogens is 4. The molecular weight excluding hydrogens is 278 g/mol. The van der Waals surface area contributed by atoms with Crippen LogP contribution in [0.2, 0.25) is 0 Å². The van der Waals surface area contributed by atoms with Gasteiger partial charge in [-0.2, -0.15) is 0 Å². The molecule has 0 aliphatic carbocycles. The predicted octanol–water partition coefficient (Wildman–Crippen LogP) is 1.35. The Morgan fingerprint density at radius 3 is 3.00 bits per heavy atom. The van der Waals surface area contributed by atoms with Crippen LogP contribution in [0, 0.1) is 0 Å². The zero-order valence-corrected chi connectivity index (χ0v) is 12.2. The van der Waals surface area contributed by atoms with Crippen LogP contribution in [0.25, 0.3) is 0 Å². The number of rotatable bonds is 7. The number of hydrogen-bond donors (Lipinski definition) is 2. The lowest BCUT2D eigenvalue weighted by Crippen LogP contribution is -2.23. The Kier molecular flexibility index (Phi) is 4.80. The Hall–Kier alpha value is -1.80. The lowest BCUT2D eigenvalue weighted by atomic mass is 10.3. The van der Waals surface area contributed by atoms with Gasteiger partial charge in [0, 0.05) is 17.6 Å². The van der Waals surface area contributed by atoms with Crippen molar-refractivity contribution in [3.8, 4) is 0 Å². The van der Waals surface area contributed by atoms with Gasteiger partial charge >= 0.3 is 5.97 Å². The van der Waals surface area contributed by atoms with Crippen LogP contribution in [0.15, 0.2) is 12.4 Å². The first kappa shape index (κ1) is 14.6. The van der Waals surface area contributed by atoms with Gasteiger partial charge in [0.25, 0.3) is 0 Å². The molecule has 2 N–H and O–H groups in total. The molecule has 0 spiro atoms. The molecule has 0 aromatic carbocycles. The summed E-state index contributed by atoms with van der Waals surface area (Å²) in [7, 11) is 0. The first-order valence-electron chi connectivity index (χ1n) is 6.41. The molecule has 0 saturated heterocycles. The first-order valence-corrected chi connectivity index (χ1v) is 7.23. The fourth-order valence-electron chi connectivity index (χ4n) is 1.67. The second-order valence-electron chi connectivity index (χ2n) is 4.37. The zero-order chi connectivity index (χ0) is 14.5. The third-order valence-electron chi connectivity index (χ3n) is 2.84. The number of aromatic carboxylic acids is 1. The average molecular weight is 295 g/mol. The van der Waals surface area contributed by atoms with Crippen molar-refractivity contribution in [1.82, 2.24) is 25.3 Å². The molecule has 108 valence electrons. The van der Waals surface area contributed by atoms with Crippen molar-refractivity contribution in [2.24, 2.45) is 0 Å². The number of carbonyl (C=O) groups is 1. The molecule has 8 heteroatoms. The third-order valence-corrected chi connectivity index (χ3v) is 4.16. The van der Waals surface area contributed by atoms with Gasteiger partial charge in [-0.25, -0.2) is 9.78 Å². The summed E-state index contributed by atoms with van der Waals surface area (Å²) in [5, 5.41) is 20.5. The Labute approximate surface area is 120 Å². The number of nitrogens with one attached hydrogen (secondary N) is 1. The molecule has 2 aromatic heterocycles.